The van der Waals surface area contributed by atoms with Crippen LogP contribution in [0.1, 0.15) is 44.3 Å². The fourth-order valence-corrected chi connectivity index (χ4v) is 2.25. The lowest BCUT2D eigenvalue weighted by Gasteiger charge is -2.26. The molecule has 0 aliphatic carbocycles. The molecule has 1 amide bonds. The second-order valence-electron chi connectivity index (χ2n) is 6.36. The van der Waals surface area contributed by atoms with Gasteiger partial charge in [0.05, 0.1) is 0 Å². The number of rotatable bonds is 4. The number of aliphatic hydroxyl groups is 1. The molecule has 1 heterocycles. The van der Waals surface area contributed by atoms with Crippen LogP contribution in [-0.2, 0) is 4.74 Å². The van der Waals surface area contributed by atoms with Crippen LogP contribution in [0.15, 0.2) is 36.5 Å². The fourth-order valence-electron chi connectivity index (χ4n) is 2.10. The van der Waals surface area contributed by atoms with E-state index in [-0.39, 0.29) is 16.5 Å². The second-order valence-corrected chi connectivity index (χ2v) is 6.75. The number of hydrogen-bond acceptors (Lipinski definition) is 5. The molecule has 25 heavy (non-hydrogen) atoms. The van der Waals surface area contributed by atoms with E-state index in [1.54, 1.807) is 20.8 Å². The van der Waals surface area contributed by atoms with Crippen molar-refractivity contribution in [1.29, 1.82) is 0 Å². The van der Waals surface area contributed by atoms with E-state index in [1.165, 1.54) is 36.5 Å². The highest BCUT2D eigenvalue weighted by Crippen LogP contribution is 2.28. The third-order valence-electron chi connectivity index (χ3n) is 3.10. The van der Waals surface area contributed by atoms with Crippen LogP contribution in [0.25, 0.3) is 0 Å². The van der Waals surface area contributed by atoms with Gasteiger partial charge in [0.15, 0.2) is 5.82 Å². The summed E-state index contributed by atoms with van der Waals surface area (Å²) in [6, 6.07) is 5.79. The Labute approximate surface area is 150 Å². The van der Waals surface area contributed by atoms with E-state index in [2.05, 4.69) is 15.3 Å². The Balaban J connectivity index is 2.33. The van der Waals surface area contributed by atoms with Crippen LogP contribution < -0.4 is 5.32 Å². The van der Waals surface area contributed by atoms with E-state index in [9.17, 15) is 14.3 Å². The van der Waals surface area contributed by atoms with Gasteiger partial charge in [0.2, 0.25) is 0 Å². The Bertz CT molecular complexity index is 752. The number of benzene rings is 1. The van der Waals surface area contributed by atoms with E-state index < -0.39 is 29.7 Å². The fraction of sp³-hybridized carbons (Fsp3) is 0.353. The monoisotopic (exact) mass is 367 g/mol. The van der Waals surface area contributed by atoms with Gasteiger partial charge in [0.25, 0.3) is 0 Å². The first-order valence-corrected chi connectivity index (χ1v) is 7.95. The maximum atomic E-state index is 13.5. The van der Waals surface area contributed by atoms with Gasteiger partial charge in [-0.05, 0) is 44.5 Å². The number of carbonyl (C=O) groups excluding carboxylic acids is 1. The minimum absolute atomic E-state index is 0.0788. The van der Waals surface area contributed by atoms with Crippen molar-refractivity contribution in [2.24, 2.45) is 0 Å². The van der Waals surface area contributed by atoms with Gasteiger partial charge in [-0.3, -0.25) is 0 Å². The van der Waals surface area contributed by atoms with Crippen LogP contribution in [-0.4, -0.2) is 26.8 Å². The van der Waals surface area contributed by atoms with E-state index in [0.717, 1.165) is 0 Å². The Morgan fingerprint density at radius 3 is 2.68 bits per heavy atom. The molecule has 8 heteroatoms. The van der Waals surface area contributed by atoms with Gasteiger partial charge in [0.1, 0.15) is 28.7 Å². The molecule has 2 aromatic rings. The molecule has 0 saturated heterocycles. The maximum Gasteiger partial charge on any atom is 0.408 e. The van der Waals surface area contributed by atoms with Crippen LogP contribution in [0.2, 0.25) is 5.15 Å². The molecule has 2 atom stereocenters. The summed E-state index contributed by atoms with van der Waals surface area (Å²) in [5.74, 6) is -0.435. The predicted octanol–water partition coefficient (Wildman–Crippen LogP) is 3.57. The van der Waals surface area contributed by atoms with Gasteiger partial charge >= 0.3 is 6.09 Å². The van der Waals surface area contributed by atoms with Gasteiger partial charge in [0, 0.05) is 6.20 Å². The summed E-state index contributed by atoms with van der Waals surface area (Å²) in [5, 5.41) is 13.3. The van der Waals surface area contributed by atoms with Gasteiger partial charge in [-0.25, -0.2) is 19.2 Å². The molecule has 1 aromatic heterocycles. The first-order chi connectivity index (χ1) is 11.7. The lowest BCUT2D eigenvalue weighted by molar-refractivity contribution is 0.0411. The summed E-state index contributed by atoms with van der Waals surface area (Å²) < 4.78 is 18.7. The number of nitrogens with one attached hydrogen (secondary N) is 1. The minimum Gasteiger partial charge on any atom is -0.444 e. The third-order valence-corrected chi connectivity index (χ3v) is 3.31. The van der Waals surface area contributed by atoms with Gasteiger partial charge in [-0.2, -0.15) is 0 Å². The number of aliphatic hydroxyl groups excluding tert-OH is 1. The van der Waals surface area contributed by atoms with Crippen molar-refractivity contribution >= 4 is 17.7 Å². The number of alkyl carbamates (subject to hydrolysis) is 1. The molecule has 0 fully saturated rings. The van der Waals surface area contributed by atoms with Gasteiger partial charge in [-0.1, -0.05) is 23.7 Å². The molecule has 2 rings (SSSR count). The van der Waals surface area contributed by atoms with Crippen molar-refractivity contribution in [1.82, 2.24) is 15.3 Å². The van der Waals surface area contributed by atoms with Crippen molar-refractivity contribution in [3.63, 3.8) is 0 Å². The summed E-state index contributed by atoms with van der Waals surface area (Å²) in [7, 11) is 0. The lowest BCUT2D eigenvalue weighted by atomic mass is 10.0. The molecule has 134 valence electrons. The largest absolute Gasteiger partial charge is 0.444 e. The highest BCUT2D eigenvalue weighted by molar-refractivity contribution is 6.29. The van der Waals surface area contributed by atoms with E-state index in [4.69, 9.17) is 16.3 Å². The molecule has 0 aliphatic heterocycles. The average Bonchev–Trinajstić information content (AvgIpc) is 2.50. The Kier molecular flexibility index (Phi) is 5.92. The number of ether oxygens (including phenoxy) is 1. The van der Waals surface area contributed by atoms with E-state index >= 15 is 0 Å². The van der Waals surface area contributed by atoms with Crippen molar-refractivity contribution < 1.29 is 19.0 Å². The number of nitrogens with zero attached hydrogens (tertiary/aromatic N) is 2. The normalized spacial score (nSPS) is 13.8. The maximum absolute atomic E-state index is 13.5. The summed E-state index contributed by atoms with van der Waals surface area (Å²) in [6.45, 7) is 5.13. The topological polar surface area (TPSA) is 84.3 Å². The number of halogens is 2. The van der Waals surface area contributed by atoms with Crippen LogP contribution in [0.4, 0.5) is 9.18 Å². The molecule has 0 aliphatic rings. The zero-order chi connectivity index (χ0) is 18.6. The van der Waals surface area contributed by atoms with Crippen molar-refractivity contribution in [3.05, 3.63) is 58.9 Å². The molecule has 0 spiro atoms. The smallest absolute Gasteiger partial charge is 0.408 e. The number of aromatic nitrogens is 2. The zero-order valence-electron chi connectivity index (χ0n) is 14.0. The molecule has 0 radical (unpaired) electrons. The highest BCUT2D eigenvalue weighted by Gasteiger charge is 2.29. The highest BCUT2D eigenvalue weighted by atomic mass is 35.5. The predicted molar refractivity (Wildman–Crippen MR) is 90.5 cm³/mol. The van der Waals surface area contributed by atoms with E-state index in [1.807, 2.05) is 0 Å². The summed E-state index contributed by atoms with van der Waals surface area (Å²) >= 11 is 5.87. The Morgan fingerprint density at radius 2 is 2.08 bits per heavy atom. The van der Waals surface area contributed by atoms with Crippen LogP contribution >= 0.6 is 11.6 Å². The number of amides is 1. The van der Waals surface area contributed by atoms with Crippen molar-refractivity contribution in [2.75, 3.05) is 0 Å². The molecule has 0 bridgehead atoms. The average molecular weight is 368 g/mol. The third kappa shape index (κ3) is 5.65. The minimum atomic E-state index is -1.30. The summed E-state index contributed by atoms with van der Waals surface area (Å²) in [6.07, 6.45) is -0.676. The van der Waals surface area contributed by atoms with Crippen LogP contribution in [0, 0.1) is 5.82 Å². The molecular formula is C17H19ClFN3O3. The van der Waals surface area contributed by atoms with Crippen LogP contribution in [0.5, 0.6) is 0 Å². The van der Waals surface area contributed by atoms with Gasteiger partial charge < -0.3 is 15.2 Å². The summed E-state index contributed by atoms with van der Waals surface area (Å²) in [5.41, 5.74) is -0.474. The quantitative estimate of drug-likeness (QED) is 0.807. The molecule has 6 nitrogen and oxygen atoms in total. The second kappa shape index (κ2) is 7.76. The van der Waals surface area contributed by atoms with Crippen molar-refractivity contribution in [2.45, 2.75) is 38.5 Å². The Morgan fingerprint density at radius 1 is 1.36 bits per heavy atom. The molecule has 0 saturated carbocycles. The molecule has 0 unspecified atom stereocenters. The number of carbonyl (C=O) groups is 1. The first kappa shape index (κ1) is 19.1. The zero-order valence-corrected chi connectivity index (χ0v) is 14.8. The first-order valence-electron chi connectivity index (χ1n) is 7.57. The standard InChI is InChI=1S/C17H19ClFN3O3/c1-17(2,3)25-16(24)22-13(15-20-8-7-12(18)21-15)14(23)10-5-4-6-11(19)9-10/h4-9,13-14,23H,1-3H3,(H,22,24)/t13-,14+/m0/s1. The van der Waals surface area contributed by atoms with E-state index in [0.29, 0.717) is 0 Å². The van der Waals surface area contributed by atoms with Crippen molar-refractivity contribution in [3.8, 4) is 0 Å². The summed E-state index contributed by atoms with van der Waals surface area (Å²) in [4.78, 5) is 20.2. The van der Waals surface area contributed by atoms with Crippen LogP contribution in [0.3, 0.4) is 0 Å². The molecule has 2 N–H and O–H groups in total. The number of hydrogen-bond donors (Lipinski definition) is 2. The molecular weight excluding hydrogens is 349 g/mol. The van der Waals surface area contributed by atoms with Gasteiger partial charge in [-0.15, -0.1) is 0 Å². The Hall–Kier alpha value is -2.25. The lowest BCUT2D eigenvalue weighted by Crippen LogP contribution is -2.38. The molecule has 1 aromatic carbocycles. The SMILES string of the molecule is CC(C)(C)OC(=O)N[C@H](c1nccc(Cl)n1)[C@H](O)c1cccc(F)c1.